The van der Waals surface area contributed by atoms with Crippen LogP contribution in [0.3, 0.4) is 0 Å². The van der Waals surface area contributed by atoms with Crippen LogP contribution in [0.1, 0.15) is 32.8 Å². The summed E-state index contributed by atoms with van der Waals surface area (Å²) in [5.41, 5.74) is 0.315. The van der Waals surface area contributed by atoms with E-state index < -0.39 is 17.8 Å². The van der Waals surface area contributed by atoms with Gasteiger partial charge in [0.25, 0.3) is 5.91 Å². The molecule has 0 saturated heterocycles. The third-order valence-corrected chi connectivity index (χ3v) is 5.50. The number of rotatable bonds is 9. The molecule has 1 N–H and O–H groups in total. The molecule has 0 radical (unpaired) electrons. The Labute approximate surface area is 189 Å². The standard InChI is InChI=1S/C22H25BrClFN2O3/c1-4-14(2)26-22(29)15(3)27(12-16-7-5-6-8-19(16)25)21(28)13-30-20-10-9-17(23)11-18(20)24/h5-11,14-15H,4,12-13H2,1-3H3,(H,26,29)/t14-,15-/m1/s1. The molecule has 2 atom stereocenters. The highest BCUT2D eigenvalue weighted by atomic mass is 79.9. The largest absolute Gasteiger partial charge is 0.482 e. The molecule has 2 rings (SSSR count). The summed E-state index contributed by atoms with van der Waals surface area (Å²) < 4.78 is 20.5. The highest BCUT2D eigenvalue weighted by Gasteiger charge is 2.28. The van der Waals surface area contributed by atoms with Gasteiger partial charge < -0.3 is 15.0 Å². The van der Waals surface area contributed by atoms with E-state index in [1.165, 1.54) is 11.0 Å². The highest BCUT2D eigenvalue weighted by Crippen LogP contribution is 2.27. The summed E-state index contributed by atoms with van der Waals surface area (Å²) >= 11 is 9.44. The normalized spacial score (nSPS) is 12.7. The van der Waals surface area contributed by atoms with Gasteiger partial charge in [0.1, 0.15) is 17.6 Å². The third kappa shape index (κ3) is 6.71. The fourth-order valence-corrected chi connectivity index (χ4v) is 3.40. The summed E-state index contributed by atoms with van der Waals surface area (Å²) in [6, 6.07) is 10.3. The molecule has 0 unspecified atom stereocenters. The van der Waals surface area contributed by atoms with Crippen molar-refractivity contribution >= 4 is 39.3 Å². The maximum Gasteiger partial charge on any atom is 0.261 e. The van der Waals surface area contributed by atoms with Gasteiger partial charge in [0.05, 0.1) is 5.02 Å². The monoisotopic (exact) mass is 498 g/mol. The van der Waals surface area contributed by atoms with Crippen molar-refractivity contribution in [3.05, 3.63) is 63.3 Å². The molecule has 0 spiro atoms. The Balaban J connectivity index is 2.19. The minimum absolute atomic E-state index is 0.0387. The summed E-state index contributed by atoms with van der Waals surface area (Å²) in [5.74, 6) is -0.864. The minimum atomic E-state index is -0.810. The summed E-state index contributed by atoms with van der Waals surface area (Å²) in [6.45, 7) is 5.05. The SMILES string of the molecule is CC[C@@H](C)NC(=O)[C@@H](C)N(Cc1ccccc1F)C(=O)COc1ccc(Br)cc1Cl. The van der Waals surface area contributed by atoms with E-state index in [-0.39, 0.29) is 25.1 Å². The number of nitrogens with one attached hydrogen (secondary N) is 1. The number of carbonyl (C=O) groups is 2. The lowest BCUT2D eigenvalue weighted by atomic mass is 10.1. The maximum atomic E-state index is 14.2. The predicted molar refractivity (Wildman–Crippen MR) is 119 cm³/mol. The van der Waals surface area contributed by atoms with Gasteiger partial charge in [-0.2, -0.15) is 0 Å². The zero-order valence-corrected chi connectivity index (χ0v) is 19.5. The Morgan fingerprint density at radius 1 is 1.23 bits per heavy atom. The molecule has 0 aliphatic rings. The van der Waals surface area contributed by atoms with Crippen molar-refractivity contribution < 1.29 is 18.7 Å². The molecule has 5 nitrogen and oxygen atoms in total. The van der Waals surface area contributed by atoms with Gasteiger partial charge in [-0.3, -0.25) is 9.59 Å². The second kappa shape index (κ2) is 11.3. The van der Waals surface area contributed by atoms with Crippen molar-refractivity contribution in [2.75, 3.05) is 6.61 Å². The Kier molecular flexibility index (Phi) is 9.11. The summed E-state index contributed by atoms with van der Waals surface area (Å²) in [5, 5.41) is 3.21. The molecule has 0 aromatic heterocycles. The summed E-state index contributed by atoms with van der Waals surface area (Å²) in [6.07, 6.45) is 0.755. The van der Waals surface area contributed by atoms with Crippen LogP contribution in [-0.2, 0) is 16.1 Å². The molecule has 8 heteroatoms. The van der Waals surface area contributed by atoms with Crippen LogP contribution < -0.4 is 10.1 Å². The van der Waals surface area contributed by atoms with Gasteiger partial charge in [-0.05, 0) is 44.5 Å². The molecule has 2 amide bonds. The molecule has 162 valence electrons. The van der Waals surface area contributed by atoms with E-state index >= 15 is 0 Å². The first-order valence-corrected chi connectivity index (χ1v) is 10.8. The van der Waals surface area contributed by atoms with Crippen molar-refractivity contribution in [2.24, 2.45) is 0 Å². The molecule has 2 aromatic carbocycles. The van der Waals surface area contributed by atoms with E-state index in [4.69, 9.17) is 16.3 Å². The average molecular weight is 500 g/mol. The number of amides is 2. The van der Waals surface area contributed by atoms with E-state index in [1.54, 1.807) is 43.3 Å². The summed E-state index contributed by atoms with van der Waals surface area (Å²) in [7, 11) is 0. The second-order valence-electron chi connectivity index (χ2n) is 6.97. The predicted octanol–water partition coefficient (Wildman–Crippen LogP) is 4.95. The summed E-state index contributed by atoms with van der Waals surface area (Å²) in [4.78, 5) is 26.9. The Bertz CT molecular complexity index is 896. The number of nitrogens with zero attached hydrogens (tertiary/aromatic N) is 1. The quantitative estimate of drug-likeness (QED) is 0.531. The van der Waals surface area contributed by atoms with Crippen LogP contribution in [0.25, 0.3) is 0 Å². The first kappa shape index (κ1) is 24.2. The third-order valence-electron chi connectivity index (χ3n) is 4.71. The molecule has 30 heavy (non-hydrogen) atoms. The molecule has 2 aromatic rings. The van der Waals surface area contributed by atoms with Gasteiger partial charge in [0.15, 0.2) is 6.61 Å². The maximum absolute atomic E-state index is 14.2. The Hall–Kier alpha value is -2.12. The van der Waals surface area contributed by atoms with Crippen LogP contribution in [0.4, 0.5) is 4.39 Å². The number of ether oxygens (including phenoxy) is 1. The second-order valence-corrected chi connectivity index (χ2v) is 8.29. The van der Waals surface area contributed by atoms with Gasteiger partial charge in [0, 0.05) is 22.6 Å². The van der Waals surface area contributed by atoms with Gasteiger partial charge in [0.2, 0.25) is 5.91 Å². The van der Waals surface area contributed by atoms with Crippen LogP contribution >= 0.6 is 27.5 Å². The van der Waals surface area contributed by atoms with Gasteiger partial charge in [-0.1, -0.05) is 52.7 Å². The van der Waals surface area contributed by atoms with Gasteiger partial charge in [-0.15, -0.1) is 0 Å². The van der Waals surface area contributed by atoms with E-state index in [0.29, 0.717) is 16.3 Å². The highest BCUT2D eigenvalue weighted by molar-refractivity contribution is 9.10. The molecule has 0 saturated carbocycles. The molecule has 0 aliphatic carbocycles. The number of benzene rings is 2. The van der Waals surface area contributed by atoms with Crippen molar-refractivity contribution in [1.29, 1.82) is 0 Å². The molecule has 0 fully saturated rings. The first-order chi connectivity index (χ1) is 14.2. The zero-order valence-electron chi connectivity index (χ0n) is 17.1. The first-order valence-electron chi connectivity index (χ1n) is 9.64. The van der Waals surface area contributed by atoms with E-state index in [1.807, 2.05) is 13.8 Å². The molecule has 0 heterocycles. The molecule has 0 bridgehead atoms. The fourth-order valence-electron chi connectivity index (χ4n) is 2.67. The van der Waals surface area contributed by atoms with Crippen LogP contribution in [0.5, 0.6) is 5.75 Å². The average Bonchev–Trinajstić information content (AvgIpc) is 2.71. The smallest absolute Gasteiger partial charge is 0.261 e. The van der Waals surface area contributed by atoms with Crippen molar-refractivity contribution in [2.45, 2.75) is 45.8 Å². The van der Waals surface area contributed by atoms with Crippen molar-refractivity contribution in [3.8, 4) is 5.75 Å². The Morgan fingerprint density at radius 2 is 1.93 bits per heavy atom. The number of hydrogen-bond acceptors (Lipinski definition) is 3. The molecular formula is C22H25BrClFN2O3. The minimum Gasteiger partial charge on any atom is -0.482 e. The number of carbonyl (C=O) groups excluding carboxylic acids is 2. The number of hydrogen-bond donors (Lipinski definition) is 1. The zero-order chi connectivity index (χ0) is 22.3. The van der Waals surface area contributed by atoms with Crippen LogP contribution in [0.2, 0.25) is 5.02 Å². The lowest BCUT2D eigenvalue weighted by Crippen LogP contribution is -2.50. The Morgan fingerprint density at radius 3 is 2.57 bits per heavy atom. The van der Waals surface area contributed by atoms with E-state index in [2.05, 4.69) is 21.2 Å². The number of halogens is 3. The van der Waals surface area contributed by atoms with E-state index in [9.17, 15) is 14.0 Å². The van der Waals surface area contributed by atoms with Crippen LogP contribution in [0.15, 0.2) is 46.9 Å². The molecule has 0 aliphatic heterocycles. The topological polar surface area (TPSA) is 58.6 Å². The van der Waals surface area contributed by atoms with Crippen molar-refractivity contribution in [3.63, 3.8) is 0 Å². The lowest BCUT2D eigenvalue weighted by molar-refractivity contribution is -0.142. The fraction of sp³-hybridized carbons (Fsp3) is 0.364. The van der Waals surface area contributed by atoms with Crippen LogP contribution in [0, 0.1) is 5.82 Å². The lowest BCUT2D eigenvalue weighted by Gasteiger charge is -2.29. The van der Waals surface area contributed by atoms with E-state index in [0.717, 1.165) is 10.9 Å². The van der Waals surface area contributed by atoms with Gasteiger partial charge in [-0.25, -0.2) is 4.39 Å². The van der Waals surface area contributed by atoms with Crippen molar-refractivity contribution in [1.82, 2.24) is 10.2 Å². The van der Waals surface area contributed by atoms with Gasteiger partial charge >= 0.3 is 0 Å². The molecular weight excluding hydrogens is 475 g/mol. The van der Waals surface area contributed by atoms with Crippen LogP contribution in [-0.4, -0.2) is 35.4 Å².